The van der Waals surface area contributed by atoms with Gasteiger partial charge in [0.1, 0.15) is 5.82 Å². The van der Waals surface area contributed by atoms with Crippen LogP contribution in [0, 0.1) is 5.82 Å². The van der Waals surface area contributed by atoms with Gasteiger partial charge in [0.05, 0.1) is 11.8 Å². The van der Waals surface area contributed by atoms with E-state index in [9.17, 15) is 9.18 Å². The number of carbonyl (C=O) groups excluding carboxylic acids is 1. The number of hydrogen-bond acceptors (Lipinski definition) is 2. The minimum Gasteiger partial charge on any atom is -0.393 e. The molecule has 16 heavy (non-hydrogen) atoms. The zero-order chi connectivity index (χ0) is 12.1. The molecule has 1 atom stereocenters. The maximum Gasteiger partial charge on any atom is 0.224 e. The molecule has 0 aliphatic carbocycles. The molecule has 1 aromatic carbocycles. The fraction of sp³-hybridized carbons (Fsp3) is 0.364. The summed E-state index contributed by atoms with van der Waals surface area (Å²) in [7, 11) is 0. The third-order valence-electron chi connectivity index (χ3n) is 1.99. The normalized spacial score (nSPS) is 12.2. The van der Waals surface area contributed by atoms with Crippen LogP contribution in [0.5, 0.6) is 0 Å². The van der Waals surface area contributed by atoms with Crippen molar-refractivity contribution in [3.05, 3.63) is 28.5 Å². The molecular weight excluding hydrogens is 277 g/mol. The molecule has 3 nitrogen and oxygen atoms in total. The number of nitrogens with one attached hydrogen (secondary N) is 1. The number of halogens is 2. The molecule has 1 amide bonds. The monoisotopic (exact) mass is 289 g/mol. The lowest BCUT2D eigenvalue weighted by Crippen LogP contribution is -2.14. The third kappa shape index (κ3) is 4.28. The van der Waals surface area contributed by atoms with Gasteiger partial charge in [0.25, 0.3) is 0 Å². The summed E-state index contributed by atoms with van der Waals surface area (Å²) >= 11 is 3.15. The molecule has 1 rings (SSSR count). The first-order valence-corrected chi connectivity index (χ1v) is 5.71. The first-order valence-electron chi connectivity index (χ1n) is 4.92. The number of rotatable bonds is 4. The molecule has 0 aliphatic rings. The molecule has 0 saturated heterocycles. The van der Waals surface area contributed by atoms with E-state index in [2.05, 4.69) is 21.2 Å². The summed E-state index contributed by atoms with van der Waals surface area (Å²) in [5.41, 5.74) is 0.525. The van der Waals surface area contributed by atoms with E-state index in [0.29, 0.717) is 16.6 Å². The Balaban J connectivity index is 2.56. The Bertz CT molecular complexity index is 382. The summed E-state index contributed by atoms with van der Waals surface area (Å²) in [6.07, 6.45) is 0.147. The fourth-order valence-electron chi connectivity index (χ4n) is 1.14. The lowest BCUT2D eigenvalue weighted by Gasteiger charge is -2.08. The number of benzene rings is 1. The third-order valence-corrected chi connectivity index (χ3v) is 2.65. The highest BCUT2D eigenvalue weighted by Crippen LogP contribution is 2.23. The second kappa shape index (κ2) is 5.96. The lowest BCUT2D eigenvalue weighted by molar-refractivity contribution is -0.116. The summed E-state index contributed by atoms with van der Waals surface area (Å²) < 4.78 is 13.3. The van der Waals surface area contributed by atoms with Crippen molar-refractivity contribution in [1.82, 2.24) is 0 Å². The summed E-state index contributed by atoms with van der Waals surface area (Å²) in [6.45, 7) is 1.63. The minimum absolute atomic E-state index is 0.201. The number of anilines is 1. The van der Waals surface area contributed by atoms with Crippen molar-refractivity contribution in [1.29, 1.82) is 0 Å². The van der Waals surface area contributed by atoms with Crippen LogP contribution >= 0.6 is 15.9 Å². The van der Waals surface area contributed by atoms with Crippen LogP contribution in [-0.2, 0) is 4.79 Å². The van der Waals surface area contributed by atoms with E-state index >= 15 is 0 Å². The van der Waals surface area contributed by atoms with Crippen molar-refractivity contribution < 1.29 is 14.3 Å². The molecule has 0 aliphatic heterocycles. The molecule has 88 valence electrons. The summed E-state index contributed by atoms with van der Waals surface area (Å²) in [6, 6.07) is 4.04. The van der Waals surface area contributed by atoms with E-state index in [1.54, 1.807) is 6.92 Å². The molecule has 1 aromatic rings. The van der Waals surface area contributed by atoms with Crippen molar-refractivity contribution in [2.75, 3.05) is 5.32 Å². The fourth-order valence-corrected chi connectivity index (χ4v) is 1.59. The average molecular weight is 290 g/mol. The van der Waals surface area contributed by atoms with Gasteiger partial charge in [-0.25, -0.2) is 4.39 Å². The number of carbonyl (C=O) groups is 1. The zero-order valence-electron chi connectivity index (χ0n) is 8.84. The SMILES string of the molecule is CC(O)CCC(=O)Nc1ccc(F)cc1Br. The van der Waals surface area contributed by atoms with Gasteiger partial charge in [-0.3, -0.25) is 4.79 Å². The minimum atomic E-state index is -0.498. The smallest absolute Gasteiger partial charge is 0.224 e. The molecular formula is C11H13BrFNO2. The Hall–Kier alpha value is -0.940. The van der Waals surface area contributed by atoms with Crippen LogP contribution in [0.1, 0.15) is 19.8 Å². The van der Waals surface area contributed by atoms with Crippen molar-refractivity contribution in [2.45, 2.75) is 25.9 Å². The largest absolute Gasteiger partial charge is 0.393 e. The average Bonchev–Trinajstić information content (AvgIpc) is 2.19. The van der Waals surface area contributed by atoms with Crippen LogP contribution in [-0.4, -0.2) is 17.1 Å². The van der Waals surface area contributed by atoms with Gasteiger partial charge in [0, 0.05) is 10.9 Å². The number of hydrogen-bond donors (Lipinski definition) is 2. The molecule has 0 aromatic heterocycles. The van der Waals surface area contributed by atoms with E-state index in [-0.39, 0.29) is 18.1 Å². The molecule has 5 heteroatoms. The zero-order valence-corrected chi connectivity index (χ0v) is 10.4. The second-order valence-electron chi connectivity index (χ2n) is 3.56. The van der Waals surface area contributed by atoms with Gasteiger partial charge in [-0.05, 0) is 47.5 Å². The maximum absolute atomic E-state index is 12.8. The van der Waals surface area contributed by atoms with E-state index in [1.165, 1.54) is 18.2 Å². The Morgan fingerprint density at radius 2 is 2.31 bits per heavy atom. The Kier molecular flexibility index (Phi) is 4.89. The van der Waals surface area contributed by atoms with Crippen LogP contribution in [0.3, 0.4) is 0 Å². The van der Waals surface area contributed by atoms with E-state index in [0.717, 1.165) is 0 Å². The first kappa shape index (κ1) is 13.1. The molecule has 2 N–H and O–H groups in total. The predicted octanol–water partition coefficient (Wildman–Crippen LogP) is 2.69. The van der Waals surface area contributed by atoms with E-state index in [4.69, 9.17) is 5.11 Å². The van der Waals surface area contributed by atoms with Crippen molar-refractivity contribution in [2.24, 2.45) is 0 Å². The van der Waals surface area contributed by atoms with E-state index < -0.39 is 6.10 Å². The van der Waals surface area contributed by atoms with Gasteiger partial charge >= 0.3 is 0 Å². The summed E-state index contributed by atoms with van der Waals surface area (Å²) in [5.74, 6) is -0.568. The molecule has 0 saturated carbocycles. The van der Waals surface area contributed by atoms with Gasteiger partial charge in [-0.2, -0.15) is 0 Å². The van der Waals surface area contributed by atoms with Crippen LogP contribution in [0.15, 0.2) is 22.7 Å². The first-order chi connectivity index (χ1) is 7.49. The van der Waals surface area contributed by atoms with Crippen molar-refractivity contribution in [3.63, 3.8) is 0 Å². The standard InChI is InChI=1S/C11H13BrFNO2/c1-7(15)2-5-11(16)14-10-4-3-8(13)6-9(10)12/h3-4,6-7,15H,2,5H2,1H3,(H,14,16). The van der Waals surface area contributed by atoms with Crippen LogP contribution in [0.2, 0.25) is 0 Å². The highest BCUT2D eigenvalue weighted by Gasteiger charge is 2.07. The topological polar surface area (TPSA) is 49.3 Å². The highest BCUT2D eigenvalue weighted by atomic mass is 79.9. The van der Waals surface area contributed by atoms with Gasteiger partial charge in [-0.1, -0.05) is 0 Å². The number of aliphatic hydroxyl groups is 1. The second-order valence-corrected chi connectivity index (χ2v) is 4.41. The highest BCUT2D eigenvalue weighted by molar-refractivity contribution is 9.10. The molecule has 0 fully saturated rings. The van der Waals surface area contributed by atoms with Gasteiger partial charge in [0.15, 0.2) is 0 Å². The van der Waals surface area contributed by atoms with Crippen molar-refractivity contribution in [3.8, 4) is 0 Å². The Labute approximate surface area is 102 Å². The summed E-state index contributed by atoms with van der Waals surface area (Å²) in [5, 5.41) is 11.6. The molecule has 0 bridgehead atoms. The Morgan fingerprint density at radius 3 is 2.88 bits per heavy atom. The summed E-state index contributed by atoms with van der Waals surface area (Å²) in [4.78, 5) is 11.4. The van der Waals surface area contributed by atoms with Crippen LogP contribution in [0.4, 0.5) is 10.1 Å². The maximum atomic E-state index is 12.8. The van der Waals surface area contributed by atoms with Gasteiger partial charge in [0.2, 0.25) is 5.91 Å². The number of amides is 1. The molecule has 0 radical (unpaired) electrons. The van der Waals surface area contributed by atoms with E-state index in [1.807, 2.05) is 0 Å². The van der Waals surface area contributed by atoms with Crippen LogP contribution < -0.4 is 5.32 Å². The van der Waals surface area contributed by atoms with Crippen LogP contribution in [0.25, 0.3) is 0 Å². The molecule has 0 heterocycles. The number of aliphatic hydroxyl groups excluding tert-OH is 1. The molecule has 0 spiro atoms. The van der Waals surface area contributed by atoms with Gasteiger partial charge < -0.3 is 10.4 Å². The predicted molar refractivity (Wildman–Crippen MR) is 63.6 cm³/mol. The lowest BCUT2D eigenvalue weighted by atomic mass is 10.2. The quantitative estimate of drug-likeness (QED) is 0.895. The Morgan fingerprint density at radius 1 is 1.62 bits per heavy atom. The molecule has 1 unspecified atom stereocenters. The van der Waals surface area contributed by atoms with Crippen molar-refractivity contribution >= 4 is 27.5 Å². The van der Waals surface area contributed by atoms with Gasteiger partial charge in [-0.15, -0.1) is 0 Å².